The first-order valence-corrected chi connectivity index (χ1v) is 6.54. The lowest BCUT2D eigenvalue weighted by molar-refractivity contribution is 0.227. The van der Waals surface area contributed by atoms with Gasteiger partial charge in [0.15, 0.2) is 0 Å². The van der Waals surface area contributed by atoms with E-state index in [9.17, 15) is 8.42 Å². The zero-order valence-corrected chi connectivity index (χ0v) is 10.1. The molecule has 0 aliphatic rings. The van der Waals surface area contributed by atoms with E-state index in [-0.39, 0.29) is 30.2 Å². The molecule has 0 saturated heterocycles. The summed E-state index contributed by atoms with van der Waals surface area (Å²) in [6.07, 6.45) is 0. The molecule has 0 fully saturated rings. The lowest BCUT2D eigenvalue weighted by Crippen LogP contribution is -2.42. The zero-order valence-electron chi connectivity index (χ0n) is 9.32. The van der Waals surface area contributed by atoms with Gasteiger partial charge in [-0.05, 0) is 11.8 Å². The molecule has 5 heteroatoms. The zero-order chi connectivity index (χ0) is 11.4. The van der Waals surface area contributed by atoms with Crippen molar-refractivity contribution in [3.8, 4) is 0 Å². The molecule has 0 aliphatic heterocycles. The molecule has 0 aromatic carbocycles. The Morgan fingerprint density at radius 1 is 1.21 bits per heavy atom. The molecule has 2 N–H and O–H groups in total. The largest absolute Gasteiger partial charge is 0.395 e. The summed E-state index contributed by atoms with van der Waals surface area (Å²) < 4.78 is 25.5. The summed E-state index contributed by atoms with van der Waals surface area (Å²) in [5, 5.41) is 8.97. The van der Waals surface area contributed by atoms with Crippen LogP contribution in [0, 0.1) is 11.8 Å². The van der Waals surface area contributed by atoms with Gasteiger partial charge < -0.3 is 5.11 Å². The van der Waals surface area contributed by atoms with Gasteiger partial charge in [0.1, 0.15) is 0 Å². The molecular weight excluding hydrogens is 202 g/mol. The smallest absolute Gasteiger partial charge is 0.212 e. The second kappa shape index (κ2) is 5.68. The molecule has 0 bridgehead atoms. The standard InChI is InChI=1S/C9H21NO3S/c1-7(2)6-14(12,13)10-9(5-11)8(3)4/h7-11H,5-6H2,1-4H3. The number of sulfonamides is 1. The molecule has 86 valence electrons. The maximum absolute atomic E-state index is 11.5. The predicted octanol–water partition coefficient (Wildman–Crippen LogP) is 0.579. The maximum atomic E-state index is 11.5. The Morgan fingerprint density at radius 2 is 1.71 bits per heavy atom. The van der Waals surface area contributed by atoms with Crippen molar-refractivity contribution in [2.75, 3.05) is 12.4 Å². The van der Waals surface area contributed by atoms with Gasteiger partial charge in [0, 0.05) is 6.04 Å². The molecule has 0 rings (SSSR count). The first-order valence-electron chi connectivity index (χ1n) is 4.89. The highest BCUT2D eigenvalue weighted by molar-refractivity contribution is 7.89. The normalized spacial score (nSPS) is 15.1. The van der Waals surface area contributed by atoms with E-state index in [0.29, 0.717) is 0 Å². The third-order valence-electron chi connectivity index (χ3n) is 1.89. The Balaban J connectivity index is 4.33. The number of nitrogens with one attached hydrogen (secondary N) is 1. The summed E-state index contributed by atoms with van der Waals surface area (Å²) in [6, 6.07) is -0.376. The monoisotopic (exact) mass is 223 g/mol. The summed E-state index contributed by atoms with van der Waals surface area (Å²) >= 11 is 0. The minimum Gasteiger partial charge on any atom is -0.395 e. The van der Waals surface area contributed by atoms with Crippen molar-refractivity contribution in [1.82, 2.24) is 4.72 Å². The van der Waals surface area contributed by atoms with E-state index in [1.165, 1.54) is 0 Å². The lowest BCUT2D eigenvalue weighted by atomic mass is 10.1. The molecule has 0 amide bonds. The van der Waals surface area contributed by atoms with E-state index in [4.69, 9.17) is 5.11 Å². The van der Waals surface area contributed by atoms with Crippen LogP contribution in [0.25, 0.3) is 0 Å². The van der Waals surface area contributed by atoms with Gasteiger partial charge in [0.05, 0.1) is 12.4 Å². The molecule has 4 nitrogen and oxygen atoms in total. The Hall–Kier alpha value is -0.130. The predicted molar refractivity (Wildman–Crippen MR) is 57.5 cm³/mol. The molecule has 0 radical (unpaired) electrons. The summed E-state index contributed by atoms with van der Waals surface area (Å²) in [4.78, 5) is 0. The number of rotatable bonds is 6. The van der Waals surface area contributed by atoms with Gasteiger partial charge in [-0.25, -0.2) is 13.1 Å². The fourth-order valence-electron chi connectivity index (χ4n) is 1.10. The third kappa shape index (κ3) is 5.57. The van der Waals surface area contributed by atoms with Crippen LogP contribution in [0.4, 0.5) is 0 Å². The highest BCUT2D eigenvalue weighted by Gasteiger charge is 2.20. The minimum atomic E-state index is -3.25. The van der Waals surface area contributed by atoms with Crippen LogP contribution in [0.1, 0.15) is 27.7 Å². The van der Waals surface area contributed by atoms with E-state index < -0.39 is 10.0 Å². The van der Waals surface area contributed by atoms with Crippen molar-refractivity contribution < 1.29 is 13.5 Å². The van der Waals surface area contributed by atoms with Crippen LogP contribution in [0.2, 0.25) is 0 Å². The van der Waals surface area contributed by atoms with Crippen molar-refractivity contribution in [3.63, 3.8) is 0 Å². The second-order valence-electron chi connectivity index (χ2n) is 4.33. The van der Waals surface area contributed by atoms with Crippen molar-refractivity contribution in [3.05, 3.63) is 0 Å². The summed E-state index contributed by atoms with van der Waals surface area (Å²) in [5.74, 6) is 0.303. The van der Waals surface area contributed by atoms with Crippen molar-refractivity contribution >= 4 is 10.0 Å². The number of hydrogen-bond acceptors (Lipinski definition) is 3. The Kier molecular flexibility index (Phi) is 5.63. The number of hydrogen-bond donors (Lipinski definition) is 2. The topological polar surface area (TPSA) is 66.4 Å². The fraction of sp³-hybridized carbons (Fsp3) is 1.00. The van der Waals surface area contributed by atoms with Crippen molar-refractivity contribution in [2.24, 2.45) is 11.8 Å². The van der Waals surface area contributed by atoms with Gasteiger partial charge in [0.2, 0.25) is 10.0 Å². The highest BCUT2D eigenvalue weighted by Crippen LogP contribution is 2.05. The van der Waals surface area contributed by atoms with E-state index in [1.807, 2.05) is 27.7 Å². The summed E-state index contributed by atoms with van der Waals surface area (Å²) in [7, 11) is -3.25. The minimum absolute atomic E-state index is 0.0963. The first kappa shape index (κ1) is 13.9. The lowest BCUT2D eigenvalue weighted by Gasteiger charge is -2.20. The van der Waals surface area contributed by atoms with E-state index in [1.54, 1.807) is 0 Å². The van der Waals surface area contributed by atoms with Crippen LogP contribution in [-0.2, 0) is 10.0 Å². The molecule has 0 aliphatic carbocycles. The average molecular weight is 223 g/mol. The average Bonchev–Trinajstić information content (AvgIpc) is 1.97. The second-order valence-corrected chi connectivity index (χ2v) is 6.12. The van der Waals surface area contributed by atoms with Gasteiger partial charge in [-0.1, -0.05) is 27.7 Å². The maximum Gasteiger partial charge on any atom is 0.212 e. The fourth-order valence-corrected chi connectivity index (χ4v) is 2.88. The van der Waals surface area contributed by atoms with Gasteiger partial charge in [-0.15, -0.1) is 0 Å². The third-order valence-corrected chi connectivity index (χ3v) is 3.65. The number of aliphatic hydroxyl groups is 1. The number of aliphatic hydroxyl groups excluding tert-OH is 1. The summed E-state index contributed by atoms with van der Waals surface area (Å²) in [6.45, 7) is 7.29. The van der Waals surface area contributed by atoms with E-state index in [0.717, 1.165) is 0 Å². The van der Waals surface area contributed by atoms with E-state index >= 15 is 0 Å². The van der Waals surface area contributed by atoms with Crippen molar-refractivity contribution in [2.45, 2.75) is 33.7 Å². The van der Waals surface area contributed by atoms with Crippen LogP contribution in [-0.4, -0.2) is 31.9 Å². The molecule has 0 aromatic heterocycles. The molecule has 0 saturated carbocycles. The molecule has 1 atom stereocenters. The highest BCUT2D eigenvalue weighted by atomic mass is 32.2. The first-order chi connectivity index (χ1) is 6.28. The Labute approximate surface area is 86.8 Å². The van der Waals surface area contributed by atoms with Crippen LogP contribution in [0.15, 0.2) is 0 Å². The van der Waals surface area contributed by atoms with Gasteiger partial charge >= 0.3 is 0 Å². The molecule has 14 heavy (non-hydrogen) atoms. The van der Waals surface area contributed by atoms with Crippen LogP contribution < -0.4 is 4.72 Å². The molecular formula is C9H21NO3S. The van der Waals surface area contributed by atoms with E-state index in [2.05, 4.69) is 4.72 Å². The molecule has 0 spiro atoms. The Morgan fingerprint density at radius 3 is 2.00 bits per heavy atom. The van der Waals surface area contributed by atoms with Crippen molar-refractivity contribution in [1.29, 1.82) is 0 Å². The van der Waals surface area contributed by atoms with Crippen LogP contribution in [0.5, 0.6) is 0 Å². The van der Waals surface area contributed by atoms with Crippen LogP contribution >= 0.6 is 0 Å². The summed E-state index contributed by atoms with van der Waals surface area (Å²) in [5.41, 5.74) is 0. The molecule has 0 heterocycles. The van der Waals surface area contributed by atoms with Gasteiger partial charge in [-0.3, -0.25) is 0 Å². The SMILES string of the molecule is CC(C)CS(=O)(=O)NC(CO)C(C)C. The molecule has 1 unspecified atom stereocenters. The van der Waals surface area contributed by atoms with Gasteiger partial charge in [0.25, 0.3) is 0 Å². The molecule has 0 aromatic rings. The quantitative estimate of drug-likeness (QED) is 0.692. The Bertz CT molecular complexity index is 247. The van der Waals surface area contributed by atoms with Gasteiger partial charge in [-0.2, -0.15) is 0 Å². The van der Waals surface area contributed by atoms with Crippen LogP contribution in [0.3, 0.4) is 0 Å².